The summed E-state index contributed by atoms with van der Waals surface area (Å²) in [6.45, 7) is 11.3. The quantitative estimate of drug-likeness (QED) is 0.0102. The highest BCUT2D eigenvalue weighted by atomic mass is 32.2. The molecule has 2 heterocycles. The molecule has 0 radical (unpaired) electrons. The summed E-state index contributed by atoms with van der Waals surface area (Å²) < 4.78 is 56.4. The average Bonchev–Trinajstić information content (AvgIpc) is 3.86. The highest BCUT2D eigenvalue weighted by Crippen LogP contribution is 2.36. The van der Waals surface area contributed by atoms with Gasteiger partial charge in [-0.3, -0.25) is 9.82 Å². The van der Waals surface area contributed by atoms with Crippen LogP contribution in [0.1, 0.15) is 118 Å². The van der Waals surface area contributed by atoms with Gasteiger partial charge in [-0.2, -0.15) is 4.21 Å². The summed E-state index contributed by atoms with van der Waals surface area (Å²) >= 11 is -1.20. The monoisotopic (exact) mass is 942 g/mol. The van der Waals surface area contributed by atoms with Crippen LogP contribution < -0.4 is 32.7 Å². The number of carbonyl (C=O) groups is 1. The maximum absolute atomic E-state index is 13.7. The molecule has 354 valence electrons. The molecule has 66 heavy (non-hydrogen) atoms. The number of benzene rings is 4. The largest absolute Gasteiger partial charge is 0.490 e. The van der Waals surface area contributed by atoms with Crippen molar-refractivity contribution in [1.82, 2.24) is 19.8 Å². The van der Waals surface area contributed by atoms with Crippen LogP contribution in [0.5, 0.6) is 34.5 Å². The second-order valence-electron chi connectivity index (χ2n) is 16.1. The summed E-state index contributed by atoms with van der Waals surface area (Å²) in [5.41, 5.74) is 4.99. The minimum Gasteiger partial charge on any atom is -0.490 e. The number of nitrogens with zero attached hydrogens (tertiary/aromatic N) is 3. The Morgan fingerprint density at radius 2 is 1.32 bits per heavy atom. The van der Waals surface area contributed by atoms with E-state index in [-0.39, 0.29) is 0 Å². The SMILES string of the molecule is CCCCCCCCOc1ccc(C)cc1OOSNc1cc(NS(=O)Oc2cc(C)ccc2OCCCCCCCC)cc(-c2nnc3c(Oc4ccc(C(=O)OC)cc4)c(C)[nH]n23)c1. The molecule has 1 unspecified atom stereocenters. The Hall–Kier alpha value is -5.91. The first-order valence-corrected chi connectivity index (χ1v) is 24.5. The van der Waals surface area contributed by atoms with Gasteiger partial charge < -0.3 is 32.7 Å². The fraction of sp³-hybridized carbons (Fsp3) is 0.408. The van der Waals surface area contributed by atoms with Gasteiger partial charge in [-0.1, -0.05) is 94.5 Å². The first kappa shape index (κ1) is 49.5. The van der Waals surface area contributed by atoms with Crippen LogP contribution in [0, 0.1) is 20.8 Å². The van der Waals surface area contributed by atoms with E-state index in [2.05, 4.69) is 38.6 Å². The third-order valence-electron chi connectivity index (χ3n) is 10.6. The third kappa shape index (κ3) is 14.5. The molecule has 0 bridgehead atoms. The number of carbonyl (C=O) groups excluding carboxylic acids is 1. The van der Waals surface area contributed by atoms with Crippen LogP contribution in [-0.2, 0) is 20.3 Å². The summed E-state index contributed by atoms with van der Waals surface area (Å²) in [5.74, 6) is 2.85. The van der Waals surface area contributed by atoms with Crippen LogP contribution in [0.2, 0.25) is 0 Å². The fourth-order valence-electron chi connectivity index (χ4n) is 7.05. The lowest BCUT2D eigenvalue weighted by molar-refractivity contribution is -0.0794. The molecule has 0 fully saturated rings. The lowest BCUT2D eigenvalue weighted by Crippen LogP contribution is -2.12. The van der Waals surface area contributed by atoms with Crippen molar-refractivity contribution >= 4 is 46.5 Å². The first-order chi connectivity index (χ1) is 32.1. The van der Waals surface area contributed by atoms with Crippen molar-refractivity contribution in [2.75, 3.05) is 29.8 Å². The zero-order chi connectivity index (χ0) is 46.7. The summed E-state index contributed by atoms with van der Waals surface area (Å²) in [5, 5.41) is 12.3. The molecule has 0 saturated carbocycles. The Labute approximate surface area is 394 Å². The van der Waals surface area contributed by atoms with Gasteiger partial charge in [-0.25, -0.2) is 9.31 Å². The fourth-order valence-corrected chi connectivity index (χ4v) is 8.05. The van der Waals surface area contributed by atoms with E-state index in [9.17, 15) is 9.00 Å². The Morgan fingerprint density at radius 1 is 0.712 bits per heavy atom. The van der Waals surface area contributed by atoms with Crippen molar-refractivity contribution in [3.63, 3.8) is 0 Å². The zero-order valence-corrected chi connectivity index (χ0v) is 40.4. The molecule has 1 atom stereocenters. The van der Waals surface area contributed by atoms with E-state index in [1.807, 2.05) is 57.2 Å². The van der Waals surface area contributed by atoms with Gasteiger partial charge in [-0.15, -0.1) is 10.2 Å². The number of methoxy groups -OCH3 is 1. The highest BCUT2D eigenvalue weighted by Gasteiger charge is 2.21. The van der Waals surface area contributed by atoms with Gasteiger partial charge in [0.15, 0.2) is 41.1 Å². The van der Waals surface area contributed by atoms with Crippen molar-refractivity contribution in [3.8, 4) is 45.9 Å². The number of nitrogens with one attached hydrogen (secondary N) is 3. The van der Waals surface area contributed by atoms with Crippen LogP contribution >= 0.6 is 12.2 Å². The summed E-state index contributed by atoms with van der Waals surface area (Å²) in [4.78, 5) is 17.7. The van der Waals surface area contributed by atoms with Crippen LogP contribution in [0.3, 0.4) is 0 Å². The third-order valence-corrected chi connectivity index (χ3v) is 11.8. The van der Waals surface area contributed by atoms with Crippen LogP contribution in [0.15, 0.2) is 78.9 Å². The number of rotatable bonds is 29. The average molecular weight is 943 g/mol. The number of aromatic nitrogens is 4. The van der Waals surface area contributed by atoms with Crippen molar-refractivity contribution in [2.24, 2.45) is 0 Å². The number of hydrogen-bond donors (Lipinski definition) is 3. The van der Waals surface area contributed by atoms with E-state index in [0.29, 0.717) is 87.4 Å². The molecular weight excluding hydrogens is 881 g/mol. The first-order valence-electron chi connectivity index (χ1n) is 22.7. The smallest absolute Gasteiger partial charge is 0.337 e. The van der Waals surface area contributed by atoms with Gasteiger partial charge in [0.1, 0.15) is 5.75 Å². The number of anilines is 2. The standard InChI is InChI=1S/C49H62N6O9S2/c1-7-9-11-13-15-17-27-59-42-25-19-34(3)29-44(42)62-64-65-53-39-31-38(47-50-51-48-46(36(5)52-55(47)48)61-41-23-21-37(22-24-41)49(56)58-6)32-40(33-39)54-66(57)63-45-30-35(4)20-26-43(45)60-28-18-16-14-12-10-8-2/h19-26,29-33,52-54H,7-18,27-28H2,1-6H3. The minimum atomic E-state index is -2.05. The van der Waals surface area contributed by atoms with Gasteiger partial charge in [-0.05, 0) is 111 Å². The normalized spacial score (nSPS) is 11.6. The van der Waals surface area contributed by atoms with Gasteiger partial charge >= 0.3 is 17.2 Å². The molecule has 6 aromatic rings. The molecule has 17 heteroatoms. The summed E-state index contributed by atoms with van der Waals surface area (Å²) in [6, 6.07) is 23.3. The number of H-pyrrole nitrogens is 1. The molecule has 0 saturated heterocycles. The zero-order valence-electron chi connectivity index (χ0n) is 38.7. The Morgan fingerprint density at radius 3 is 1.97 bits per heavy atom. The van der Waals surface area contributed by atoms with Crippen LogP contribution in [0.4, 0.5) is 11.4 Å². The van der Waals surface area contributed by atoms with E-state index in [1.54, 1.807) is 47.0 Å². The second kappa shape index (κ2) is 25.7. The van der Waals surface area contributed by atoms with Crippen molar-refractivity contribution in [1.29, 1.82) is 0 Å². The molecule has 0 aliphatic rings. The van der Waals surface area contributed by atoms with Gasteiger partial charge in [0.05, 0.1) is 37.3 Å². The number of unbranched alkanes of at least 4 members (excludes halogenated alkanes) is 10. The molecule has 0 aliphatic carbocycles. The Bertz CT molecular complexity index is 2490. The van der Waals surface area contributed by atoms with Gasteiger partial charge in [0, 0.05) is 11.3 Å². The molecule has 2 aromatic heterocycles. The number of hydrogen-bond acceptors (Lipinski definition) is 13. The van der Waals surface area contributed by atoms with E-state index >= 15 is 0 Å². The van der Waals surface area contributed by atoms with Crippen molar-refractivity contribution < 1.29 is 41.4 Å². The lowest BCUT2D eigenvalue weighted by atomic mass is 10.1. The van der Waals surface area contributed by atoms with Crippen LogP contribution in [0.25, 0.3) is 17.0 Å². The summed E-state index contributed by atoms with van der Waals surface area (Å²) in [6.07, 6.45) is 13.8. The molecular formula is C49H62N6O9S2. The lowest BCUT2D eigenvalue weighted by Gasteiger charge is -2.14. The number of esters is 1. The molecule has 0 aliphatic heterocycles. The number of ether oxygens (including phenoxy) is 4. The molecule has 6 rings (SSSR count). The predicted octanol–water partition coefficient (Wildman–Crippen LogP) is 12.8. The maximum Gasteiger partial charge on any atom is 0.337 e. The van der Waals surface area contributed by atoms with Gasteiger partial charge in [0.2, 0.25) is 11.4 Å². The minimum absolute atomic E-state index is 0.363. The number of aryl methyl sites for hydroxylation is 3. The predicted molar refractivity (Wildman–Crippen MR) is 261 cm³/mol. The van der Waals surface area contributed by atoms with Gasteiger partial charge in [0.25, 0.3) is 0 Å². The van der Waals surface area contributed by atoms with Crippen LogP contribution in [-0.4, -0.2) is 50.3 Å². The number of fused-ring (bicyclic) bond motifs is 1. The molecule has 3 N–H and O–H groups in total. The molecule has 15 nitrogen and oxygen atoms in total. The summed E-state index contributed by atoms with van der Waals surface area (Å²) in [7, 11) is 1.33. The highest BCUT2D eigenvalue weighted by molar-refractivity contribution is 7.95. The second-order valence-corrected chi connectivity index (χ2v) is 17.4. The van der Waals surface area contributed by atoms with E-state index in [1.165, 1.54) is 58.5 Å². The topological polar surface area (TPSA) is 169 Å². The van der Waals surface area contributed by atoms with E-state index < -0.39 is 17.2 Å². The number of aromatic amines is 1. The molecule has 0 amide bonds. The molecule has 4 aromatic carbocycles. The Kier molecular flexibility index (Phi) is 19.3. The van der Waals surface area contributed by atoms with E-state index in [4.69, 9.17) is 32.4 Å². The van der Waals surface area contributed by atoms with E-state index in [0.717, 1.165) is 49.0 Å². The Balaban J connectivity index is 1.19. The maximum atomic E-state index is 13.7. The van der Waals surface area contributed by atoms with Crippen molar-refractivity contribution in [2.45, 2.75) is 112 Å². The molecule has 0 spiro atoms. The van der Waals surface area contributed by atoms with Crippen molar-refractivity contribution in [3.05, 3.63) is 101 Å².